The molecule has 0 saturated heterocycles. The number of benzene rings is 2. The molecule has 5 heteroatoms. The van der Waals surface area contributed by atoms with Gasteiger partial charge in [0.05, 0.1) is 12.6 Å². The Balaban J connectivity index is 1.73. The first-order valence-electron chi connectivity index (χ1n) is 7.65. The van der Waals surface area contributed by atoms with Crippen LogP contribution in [0.4, 0.5) is 11.5 Å². The predicted molar refractivity (Wildman–Crippen MR) is 95.6 cm³/mol. The van der Waals surface area contributed by atoms with Crippen molar-refractivity contribution in [1.82, 2.24) is 15.0 Å². The number of hydrogen-bond donors (Lipinski definition) is 2. The maximum atomic E-state index is 5.20. The highest BCUT2D eigenvalue weighted by Crippen LogP contribution is 2.27. The minimum atomic E-state index is 0.731. The zero-order chi connectivity index (χ0) is 16.4. The smallest absolute Gasteiger partial charge is 0.158 e. The molecule has 0 spiro atoms. The lowest BCUT2D eigenvalue weighted by atomic mass is 10.2. The van der Waals surface area contributed by atoms with E-state index < -0.39 is 0 Å². The highest BCUT2D eigenvalue weighted by atomic mass is 16.5. The Kier molecular flexibility index (Phi) is 3.59. The number of anilines is 2. The molecule has 0 bridgehead atoms. The first kappa shape index (κ1) is 14.3. The summed E-state index contributed by atoms with van der Waals surface area (Å²) in [6, 6.07) is 19.7. The Bertz CT molecular complexity index is 962. The molecule has 0 aliphatic rings. The maximum absolute atomic E-state index is 5.20. The van der Waals surface area contributed by atoms with E-state index in [1.165, 1.54) is 0 Å². The zero-order valence-corrected chi connectivity index (χ0v) is 13.2. The number of hydrogen-bond acceptors (Lipinski definition) is 4. The molecule has 0 fully saturated rings. The van der Waals surface area contributed by atoms with Crippen LogP contribution in [-0.2, 0) is 0 Å². The van der Waals surface area contributed by atoms with Crippen molar-refractivity contribution >= 4 is 22.5 Å². The number of rotatable bonds is 4. The molecule has 2 N–H and O–H groups in total. The molecule has 2 aromatic heterocycles. The molecule has 118 valence electrons. The van der Waals surface area contributed by atoms with Gasteiger partial charge in [-0.3, -0.25) is 0 Å². The molecular formula is C19H16N4O. The van der Waals surface area contributed by atoms with E-state index in [4.69, 9.17) is 9.72 Å². The lowest BCUT2D eigenvalue weighted by Gasteiger charge is -2.05. The molecule has 0 atom stereocenters. The van der Waals surface area contributed by atoms with Crippen molar-refractivity contribution in [3.8, 4) is 17.1 Å². The van der Waals surface area contributed by atoms with E-state index in [1.54, 1.807) is 13.3 Å². The Labute approximate surface area is 139 Å². The number of nitrogens with one attached hydrogen (secondary N) is 2. The van der Waals surface area contributed by atoms with Crippen LogP contribution >= 0.6 is 0 Å². The largest absolute Gasteiger partial charge is 0.497 e. The predicted octanol–water partition coefficient (Wildman–Crippen LogP) is 4.38. The molecule has 4 aromatic rings. The van der Waals surface area contributed by atoms with Crippen LogP contribution in [0.5, 0.6) is 5.75 Å². The fourth-order valence-electron chi connectivity index (χ4n) is 2.57. The minimum Gasteiger partial charge on any atom is -0.497 e. The molecule has 2 heterocycles. The molecule has 0 unspecified atom stereocenters. The van der Waals surface area contributed by atoms with Crippen molar-refractivity contribution in [2.75, 3.05) is 12.4 Å². The summed E-state index contributed by atoms with van der Waals surface area (Å²) in [7, 11) is 1.66. The van der Waals surface area contributed by atoms with E-state index >= 15 is 0 Å². The Morgan fingerprint density at radius 2 is 1.75 bits per heavy atom. The number of imidazole rings is 1. The normalized spacial score (nSPS) is 10.7. The van der Waals surface area contributed by atoms with Gasteiger partial charge in [-0.05, 0) is 42.5 Å². The van der Waals surface area contributed by atoms with E-state index in [2.05, 4.69) is 15.3 Å². The summed E-state index contributed by atoms with van der Waals surface area (Å²) in [6.07, 6.45) is 1.77. The van der Waals surface area contributed by atoms with Gasteiger partial charge in [-0.2, -0.15) is 0 Å². The van der Waals surface area contributed by atoms with E-state index in [0.29, 0.717) is 0 Å². The Morgan fingerprint density at radius 1 is 0.958 bits per heavy atom. The molecule has 5 nitrogen and oxygen atoms in total. The molecule has 2 aromatic carbocycles. The number of H-pyrrole nitrogens is 1. The minimum absolute atomic E-state index is 0.731. The number of aromatic nitrogens is 3. The summed E-state index contributed by atoms with van der Waals surface area (Å²) in [5.41, 5.74) is 3.73. The quantitative estimate of drug-likeness (QED) is 0.586. The Morgan fingerprint density at radius 3 is 2.50 bits per heavy atom. The van der Waals surface area contributed by atoms with E-state index in [1.807, 2.05) is 60.7 Å². The molecular weight excluding hydrogens is 300 g/mol. The Hall–Kier alpha value is -3.34. The first-order chi connectivity index (χ1) is 11.8. The third kappa shape index (κ3) is 2.67. The van der Waals surface area contributed by atoms with Gasteiger partial charge in [0.2, 0.25) is 0 Å². The summed E-state index contributed by atoms with van der Waals surface area (Å²) < 4.78 is 5.20. The number of aromatic amines is 1. The second-order valence-corrected chi connectivity index (χ2v) is 5.36. The zero-order valence-electron chi connectivity index (χ0n) is 13.2. The number of methoxy groups -OCH3 is 1. The molecule has 0 amide bonds. The van der Waals surface area contributed by atoms with Crippen LogP contribution in [0.1, 0.15) is 0 Å². The van der Waals surface area contributed by atoms with Gasteiger partial charge in [0.25, 0.3) is 0 Å². The molecule has 0 aliphatic carbocycles. The van der Waals surface area contributed by atoms with Crippen molar-refractivity contribution in [2.24, 2.45) is 0 Å². The van der Waals surface area contributed by atoms with Crippen LogP contribution < -0.4 is 10.1 Å². The number of fused-ring (bicyclic) bond motifs is 1. The summed E-state index contributed by atoms with van der Waals surface area (Å²) in [6.45, 7) is 0. The van der Waals surface area contributed by atoms with Crippen molar-refractivity contribution < 1.29 is 4.74 Å². The van der Waals surface area contributed by atoms with Gasteiger partial charge < -0.3 is 15.0 Å². The van der Waals surface area contributed by atoms with Crippen LogP contribution in [0.2, 0.25) is 0 Å². The maximum Gasteiger partial charge on any atom is 0.158 e. The number of nitrogens with zero attached hydrogens (tertiary/aromatic N) is 2. The van der Waals surface area contributed by atoms with Crippen molar-refractivity contribution in [3.63, 3.8) is 0 Å². The summed E-state index contributed by atoms with van der Waals surface area (Å²) in [4.78, 5) is 12.5. The molecule has 0 saturated carbocycles. The second-order valence-electron chi connectivity index (χ2n) is 5.36. The topological polar surface area (TPSA) is 62.8 Å². The fraction of sp³-hybridized carbons (Fsp3) is 0.0526. The first-order valence-corrected chi connectivity index (χ1v) is 7.65. The number of ether oxygens (including phenoxy) is 1. The summed E-state index contributed by atoms with van der Waals surface area (Å²) in [5, 5.41) is 3.32. The van der Waals surface area contributed by atoms with Crippen LogP contribution in [0.3, 0.4) is 0 Å². The van der Waals surface area contributed by atoms with Crippen LogP contribution in [0, 0.1) is 0 Å². The highest BCUT2D eigenvalue weighted by molar-refractivity contribution is 5.89. The lowest BCUT2D eigenvalue weighted by Crippen LogP contribution is -1.93. The number of para-hydroxylation sites is 1. The second kappa shape index (κ2) is 6.04. The molecule has 4 rings (SSSR count). The summed E-state index contributed by atoms with van der Waals surface area (Å²) in [5.74, 6) is 2.36. The standard InChI is InChI=1S/C19H16N4O/c1-24-15-9-7-13(8-10-15)18-22-16-11-12-20-19(17(16)23-18)21-14-5-3-2-4-6-14/h2-12H,1H3,(H,20,21)(H,22,23). The van der Waals surface area contributed by atoms with Crippen LogP contribution in [0.25, 0.3) is 22.4 Å². The van der Waals surface area contributed by atoms with Crippen LogP contribution in [0.15, 0.2) is 66.9 Å². The average Bonchev–Trinajstić information content (AvgIpc) is 3.08. The van der Waals surface area contributed by atoms with E-state index in [9.17, 15) is 0 Å². The molecule has 0 aliphatic heterocycles. The van der Waals surface area contributed by atoms with Gasteiger partial charge in [-0.15, -0.1) is 0 Å². The van der Waals surface area contributed by atoms with E-state index in [-0.39, 0.29) is 0 Å². The fourth-order valence-corrected chi connectivity index (χ4v) is 2.57. The van der Waals surface area contributed by atoms with E-state index in [0.717, 1.165) is 39.7 Å². The van der Waals surface area contributed by atoms with Gasteiger partial charge in [0, 0.05) is 17.4 Å². The molecule has 0 radical (unpaired) electrons. The van der Waals surface area contributed by atoms with Gasteiger partial charge >= 0.3 is 0 Å². The third-order valence-corrected chi connectivity index (χ3v) is 3.80. The highest BCUT2D eigenvalue weighted by Gasteiger charge is 2.10. The monoisotopic (exact) mass is 316 g/mol. The van der Waals surface area contributed by atoms with Crippen LogP contribution in [-0.4, -0.2) is 22.1 Å². The molecule has 24 heavy (non-hydrogen) atoms. The lowest BCUT2D eigenvalue weighted by molar-refractivity contribution is 0.415. The van der Waals surface area contributed by atoms with Crippen molar-refractivity contribution in [2.45, 2.75) is 0 Å². The van der Waals surface area contributed by atoms with Gasteiger partial charge in [0.1, 0.15) is 17.1 Å². The average molecular weight is 316 g/mol. The van der Waals surface area contributed by atoms with Crippen molar-refractivity contribution in [3.05, 3.63) is 66.9 Å². The van der Waals surface area contributed by atoms with Gasteiger partial charge in [-0.1, -0.05) is 18.2 Å². The van der Waals surface area contributed by atoms with Gasteiger partial charge in [-0.25, -0.2) is 9.97 Å². The SMILES string of the molecule is COc1ccc(-c2nc3c(Nc4ccccc4)nccc3[nH]2)cc1. The van der Waals surface area contributed by atoms with Crippen molar-refractivity contribution in [1.29, 1.82) is 0 Å². The number of pyridine rings is 1. The summed E-state index contributed by atoms with van der Waals surface area (Å²) >= 11 is 0. The third-order valence-electron chi connectivity index (χ3n) is 3.80. The van der Waals surface area contributed by atoms with Gasteiger partial charge in [0.15, 0.2) is 5.82 Å².